The minimum Gasteiger partial charge on any atom is -0.439 e. The summed E-state index contributed by atoms with van der Waals surface area (Å²) < 4.78 is 5.72. The van der Waals surface area contributed by atoms with Crippen LogP contribution in [-0.4, -0.2) is 35.6 Å². The van der Waals surface area contributed by atoms with Crippen LogP contribution >= 0.6 is 0 Å². The summed E-state index contributed by atoms with van der Waals surface area (Å²) in [4.78, 5) is 19.1. The zero-order valence-corrected chi connectivity index (χ0v) is 17.1. The zero-order chi connectivity index (χ0) is 21.0. The maximum Gasteiger partial charge on any atom is 0.219 e. The quantitative estimate of drug-likeness (QED) is 0.280. The maximum absolute atomic E-state index is 5.72. The van der Waals surface area contributed by atoms with Crippen LogP contribution in [0.3, 0.4) is 0 Å². The molecule has 2 heterocycles. The van der Waals surface area contributed by atoms with Gasteiger partial charge in [0.15, 0.2) is 0 Å². The number of rotatable bonds is 10. The highest BCUT2D eigenvalue weighted by atomic mass is 16.6. The van der Waals surface area contributed by atoms with Crippen LogP contribution in [0.5, 0.6) is 11.6 Å². The first-order chi connectivity index (χ1) is 14.7. The molecule has 154 valence electrons. The molecule has 0 saturated carbocycles. The van der Waals surface area contributed by atoms with E-state index in [1.54, 1.807) is 12.3 Å². The zero-order valence-electron chi connectivity index (χ0n) is 17.1. The molecular formula is C23H24N4O3. The fourth-order valence-corrected chi connectivity index (χ4v) is 2.63. The number of hydrogen-bond donors (Lipinski definition) is 0. The summed E-state index contributed by atoms with van der Waals surface area (Å²) in [5.74, 6) is 1.24. The molecule has 3 rings (SSSR count). The normalized spacial score (nSPS) is 11.5. The van der Waals surface area contributed by atoms with E-state index >= 15 is 0 Å². The molecular weight excluding hydrogens is 380 g/mol. The molecule has 0 atom stereocenters. The second-order valence-electron chi connectivity index (χ2n) is 6.36. The standard InChI is InChI=1S/C23H24N4O3/c1-18(27-28-2)22-14-6-9-19(25-22)11-8-16-29-24-17-20-10-7-15-23(26-20)30-21-12-4-3-5-13-21/h3-7,9-10,12-15,17H,8,11,16H2,1-2H3. The first-order valence-corrected chi connectivity index (χ1v) is 9.64. The molecule has 0 unspecified atom stereocenters. The molecule has 0 amide bonds. The first-order valence-electron chi connectivity index (χ1n) is 9.64. The molecule has 1 aromatic carbocycles. The second kappa shape index (κ2) is 11.3. The smallest absolute Gasteiger partial charge is 0.219 e. The van der Waals surface area contributed by atoms with Crippen molar-refractivity contribution >= 4 is 11.9 Å². The van der Waals surface area contributed by atoms with Crippen molar-refractivity contribution in [3.63, 3.8) is 0 Å². The van der Waals surface area contributed by atoms with E-state index in [2.05, 4.69) is 20.3 Å². The van der Waals surface area contributed by atoms with Gasteiger partial charge in [0.05, 0.1) is 17.6 Å². The Morgan fingerprint density at radius 3 is 2.63 bits per heavy atom. The highest BCUT2D eigenvalue weighted by Gasteiger charge is 2.02. The summed E-state index contributed by atoms with van der Waals surface area (Å²) in [7, 11) is 1.52. The Hall–Kier alpha value is -3.74. The Morgan fingerprint density at radius 1 is 0.967 bits per heavy atom. The number of oxime groups is 2. The van der Waals surface area contributed by atoms with Crippen LogP contribution in [0, 0.1) is 0 Å². The Morgan fingerprint density at radius 2 is 1.80 bits per heavy atom. The first kappa shape index (κ1) is 21.0. The molecule has 0 aliphatic heterocycles. The molecule has 0 radical (unpaired) electrons. The van der Waals surface area contributed by atoms with Crippen molar-refractivity contribution in [2.45, 2.75) is 19.8 Å². The Balaban J connectivity index is 1.44. The Labute approximate surface area is 176 Å². The van der Waals surface area contributed by atoms with Crippen molar-refractivity contribution in [3.05, 3.63) is 83.8 Å². The Bertz CT molecular complexity index is 991. The number of aryl methyl sites for hydroxylation is 1. The van der Waals surface area contributed by atoms with E-state index < -0.39 is 0 Å². The third-order valence-electron chi connectivity index (χ3n) is 4.04. The van der Waals surface area contributed by atoms with E-state index in [4.69, 9.17) is 14.4 Å². The van der Waals surface area contributed by atoms with Gasteiger partial charge in [-0.15, -0.1) is 0 Å². The molecule has 0 aliphatic rings. The lowest BCUT2D eigenvalue weighted by molar-refractivity contribution is 0.143. The molecule has 30 heavy (non-hydrogen) atoms. The van der Waals surface area contributed by atoms with E-state index in [1.807, 2.05) is 67.6 Å². The van der Waals surface area contributed by atoms with Gasteiger partial charge in [-0.05, 0) is 50.1 Å². The van der Waals surface area contributed by atoms with E-state index in [9.17, 15) is 0 Å². The highest BCUT2D eigenvalue weighted by molar-refractivity contribution is 5.96. The van der Waals surface area contributed by atoms with E-state index in [-0.39, 0.29) is 0 Å². The molecule has 7 heteroatoms. The summed E-state index contributed by atoms with van der Waals surface area (Å²) >= 11 is 0. The topological polar surface area (TPSA) is 78.2 Å². The van der Waals surface area contributed by atoms with Crippen molar-refractivity contribution in [1.82, 2.24) is 9.97 Å². The number of pyridine rings is 2. The average molecular weight is 404 g/mol. The molecule has 0 aliphatic carbocycles. The van der Waals surface area contributed by atoms with Crippen LogP contribution in [-0.2, 0) is 16.1 Å². The van der Waals surface area contributed by atoms with Crippen LogP contribution < -0.4 is 4.74 Å². The molecule has 0 spiro atoms. The summed E-state index contributed by atoms with van der Waals surface area (Å²) in [6, 6.07) is 20.9. The monoisotopic (exact) mass is 404 g/mol. The number of hydrogen-bond acceptors (Lipinski definition) is 7. The van der Waals surface area contributed by atoms with Crippen molar-refractivity contribution in [2.24, 2.45) is 10.3 Å². The van der Waals surface area contributed by atoms with Gasteiger partial charge in [0, 0.05) is 11.8 Å². The fraction of sp³-hybridized carbons (Fsp3) is 0.217. The number of benzene rings is 1. The van der Waals surface area contributed by atoms with Crippen LogP contribution in [0.15, 0.2) is 77.0 Å². The lowest BCUT2D eigenvalue weighted by Gasteiger charge is -2.05. The van der Waals surface area contributed by atoms with Crippen molar-refractivity contribution in [2.75, 3.05) is 13.7 Å². The lowest BCUT2D eigenvalue weighted by atomic mass is 10.2. The minimum atomic E-state index is 0.480. The third kappa shape index (κ3) is 6.70. The molecule has 0 bridgehead atoms. The lowest BCUT2D eigenvalue weighted by Crippen LogP contribution is -2.03. The summed E-state index contributed by atoms with van der Waals surface area (Å²) in [5, 5.41) is 7.90. The van der Waals surface area contributed by atoms with Crippen LogP contribution in [0.25, 0.3) is 0 Å². The van der Waals surface area contributed by atoms with Gasteiger partial charge in [-0.1, -0.05) is 40.6 Å². The minimum absolute atomic E-state index is 0.480. The van der Waals surface area contributed by atoms with Crippen LogP contribution in [0.4, 0.5) is 0 Å². The Kier molecular flexibility index (Phi) is 7.91. The van der Waals surface area contributed by atoms with Gasteiger partial charge in [-0.2, -0.15) is 0 Å². The average Bonchev–Trinajstić information content (AvgIpc) is 2.77. The van der Waals surface area contributed by atoms with E-state index in [1.165, 1.54) is 7.11 Å². The van der Waals surface area contributed by atoms with Gasteiger partial charge < -0.3 is 14.4 Å². The van der Waals surface area contributed by atoms with Gasteiger partial charge >= 0.3 is 0 Å². The number of nitrogens with zero attached hydrogens (tertiary/aromatic N) is 4. The number of aromatic nitrogens is 2. The predicted octanol–water partition coefficient (Wildman–Crippen LogP) is 4.62. The fourth-order valence-electron chi connectivity index (χ4n) is 2.63. The maximum atomic E-state index is 5.72. The number of ether oxygens (including phenoxy) is 1. The SMILES string of the molecule is CON=C(C)c1cccc(CCCON=Cc2cccc(Oc3ccccc3)n2)n1. The highest BCUT2D eigenvalue weighted by Crippen LogP contribution is 2.18. The van der Waals surface area contributed by atoms with Gasteiger partial charge in [0.25, 0.3) is 0 Å². The second-order valence-corrected chi connectivity index (χ2v) is 6.36. The van der Waals surface area contributed by atoms with E-state index in [0.717, 1.165) is 35.7 Å². The van der Waals surface area contributed by atoms with Crippen molar-refractivity contribution in [1.29, 1.82) is 0 Å². The number of para-hydroxylation sites is 1. The molecule has 3 aromatic rings. The summed E-state index contributed by atoms with van der Waals surface area (Å²) in [6.45, 7) is 2.34. The largest absolute Gasteiger partial charge is 0.439 e. The van der Waals surface area contributed by atoms with Crippen molar-refractivity contribution in [3.8, 4) is 11.6 Å². The summed E-state index contributed by atoms with van der Waals surface area (Å²) in [5.41, 5.74) is 3.17. The van der Waals surface area contributed by atoms with Gasteiger partial charge in [-0.3, -0.25) is 4.98 Å². The summed E-state index contributed by atoms with van der Waals surface area (Å²) in [6.07, 6.45) is 3.14. The molecule has 7 nitrogen and oxygen atoms in total. The van der Waals surface area contributed by atoms with Gasteiger partial charge in [-0.25, -0.2) is 4.98 Å². The molecule has 0 saturated heterocycles. The van der Waals surface area contributed by atoms with Crippen LogP contribution in [0.2, 0.25) is 0 Å². The van der Waals surface area contributed by atoms with Gasteiger partial charge in [0.2, 0.25) is 5.88 Å². The van der Waals surface area contributed by atoms with Crippen molar-refractivity contribution < 1.29 is 14.4 Å². The molecule has 0 fully saturated rings. The van der Waals surface area contributed by atoms with Gasteiger partial charge in [0.1, 0.15) is 25.2 Å². The van der Waals surface area contributed by atoms with Crippen LogP contribution in [0.1, 0.15) is 30.4 Å². The predicted molar refractivity (Wildman–Crippen MR) is 116 cm³/mol. The molecule has 2 aromatic heterocycles. The third-order valence-corrected chi connectivity index (χ3v) is 4.04. The molecule has 0 N–H and O–H groups in total. The van der Waals surface area contributed by atoms with E-state index in [0.29, 0.717) is 18.2 Å².